The molecular formula is C10H7BrClN5O3. The first-order valence-electron chi connectivity index (χ1n) is 5.26. The van der Waals surface area contributed by atoms with Gasteiger partial charge in [-0.2, -0.15) is 4.68 Å². The van der Waals surface area contributed by atoms with Crippen molar-refractivity contribution in [3.63, 3.8) is 0 Å². The zero-order valence-corrected chi connectivity index (χ0v) is 12.1. The number of nitrogens with one attached hydrogen (secondary N) is 1. The van der Waals surface area contributed by atoms with E-state index in [4.69, 9.17) is 11.6 Å². The summed E-state index contributed by atoms with van der Waals surface area (Å²) in [5.41, 5.74) is 0.522. The van der Waals surface area contributed by atoms with Crippen molar-refractivity contribution in [3.8, 4) is 0 Å². The second kappa shape index (κ2) is 5.97. The van der Waals surface area contributed by atoms with E-state index in [1.54, 1.807) is 24.3 Å². The molecule has 0 saturated heterocycles. The third-order valence-corrected chi connectivity index (χ3v) is 3.00. The molecule has 0 spiro atoms. The van der Waals surface area contributed by atoms with Crippen LogP contribution in [-0.2, 0) is 11.3 Å². The summed E-state index contributed by atoms with van der Waals surface area (Å²) in [6.45, 7) is -0.214. The summed E-state index contributed by atoms with van der Waals surface area (Å²) < 4.78 is 1.18. The Bertz CT molecular complexity index is 675. The van der Waals surface area contributed by atoms with E-state index in [2.05, 4.69) is 31.3 Å². The summed E-state index contributed by atoms with van der Waals surface area (Å²) in [7, 11) is 0. The number of anilines is 1. The maximum atomic E-state index is 11.8. The Morgan fingerprint density at radius 2 is 2.30 bits per heavy atom. The Balaban J connectivity index is 2.06. The van der Waals surface area contributed by atoms with Crippen LogP contribution in [-0.4, -0.2) is 25.6 Å². The van der Waals surface area contributed by atoms with Crippen LogP contribution in [0.2, 0.25) is 5.02 Å². The number of benzene rings is 1. The highest BCUT2D eigenvalue weighted by Crippen LogP contribution is 2.16. The Labute approximate surface area is 126 Å². The summed E-state index contributed by atoms with van der Waals surface area (Å²) >= 11 is 8.79. The number of nitro groups is 1. The number of hydrogen-bond donors (Lipinski definition) is 1. The highest BCUT2D eigenvalue weighted by Gasteiger charge is 2.21. The fourth-order valence-corrected chi connectivity index (χ4v) is 1.95. The largest absolute Gasteiger partial charge is 0.492 e. The third-order valence-electron chi connectivity index (χ3n) is 2.18. The van der Waals surface area contributed by atoms with Crippen LogP contribution in [0.4, 0.5) is 11.6 Å². The van der Waals surface area contributed by atoms with Crippen molar-refractivity contribution in [2.24, 2.45) is 0 Å². The molecule has 8 nitrogen and oxygen atoms in total. The van der Waals surface area contributed by atoms with Gasteiger partial charge in [0.25, 0.3) is 4.73 Å². The predicted molar refractivity (Wildman–Crippen MR) is 74.5 cm³/mol. The number of carbonyl (C=O) groups is 1. The number of rotatable bonds is 4. The molecule has 0 aliphatic rings. The lowest BCUT2D eigenvalue weighted by Crippen LogP contribution is -2.19. The topological polar surface area (TPSA) is 103 Å². The van der Waals surface area contributed by atoms with Crippen LogP contribution < -0.4 is 5.32 Å². The van der Waals surface area contributed by atoms with Crippen molar-refractivity contribution < 1.29 is 9.72 Å². The first-order chi connectivity index (χ1) is 9.45. The zero-order chi connectivity index (χ0) is 14.7. The van der Waals surface area contributed by atoms with Gasteiger partial charge in [-0.15, -0.1) is 0 Å². The highest BCUT2D eigenvalue weighted by molar-refractivity contribution is 9.10. The Morgan fingerprint density at radius 1 is 1.55 bits per heavy atom. The van der Waals surface area contributed by atoms with Crippen molar-refractivity contribution in [1.29, 1.82) is 0 Å². The second-order valence-electron chi connectivity index (χ2n) is 3.65. The molecule has 0 saturated carbocycles. The van der Waals surface area contributed by atoms with E-state index in [-0.39, 0.29) is 11.3 Å². The second-order valence-corrected chi connectivity index (χ2v) is 4.80. The lowest BCUT2D eigenvalue weighted by atomic mass is 10.3. The molecule has 1 aromatic heterocycles. The van der Waals surface area contributed by atoms with Gasteiger partial charge >= 0.3 is 5.95 Å². The molecule has 1 aromatic carbocycles. The quantitative estimate of drug-likeness (QED) is 0.665. The molecule has 1 N–H and O–H groups in total. The number of hydrogen-bond acceptors (Lipinski definition) is 5. The van der Waals surface area contributed by atoms with Gasteiger partial charge in [0.2, 0.25) is 5.91 Å². The monoisotopic (exact) mass is 359 g/mol. The van der Waals surface area contributed by atoms with E-state index in [1.165, 1.54) is 0 Å². The lowest BCUT2D eigenvalue weighted by Gasteiger charge is -2.04. The molecule has 1 amide bonds. The molecule has 2 aromatic rings. The molecule has 1 heterocycles. The summed E-state index contributed by atoms with van der Waals surface area (Å²) in [5.74, 6) is -0.986. The minimum atomic E-state index is -0.740. The molecule has 0 aliphatic carbocycles. The minimum absolute atomic E-state index is 0.102. The molecular weight excluding hydrogens is 353 g/mol. The SMILES string of the molecule is O=C(Cn1nc([N+](=O)[O-])nc1Br)Nc1cccc(Cl)c1. The van der Waals surface area contributed by atoms with Crippen molar-refractivity contribution in [3.05, 3.63) is 44.1 Å². The van der Waals surface area contributed by atoms with Crippen molar-refractivity contribution in [2.75, 3.05) is 5.32 Å². The Kier molecular flexibility index (Phi) is 4.30. The van der Waals surface area contributed by atoms with Gasteiger partial charge in [-0.3, -0.25) is 4.79 Å². The fourth-order valence-electron chi connectivity index (χ4n) is 1.39. The molecule has 10 heteroatoms. The van der Waals surface area contributed by atoms with E-state index < -0.39 is 16.8 Å². The summed E-state index contributed by atoms with van der Waals surface area (Å²) in [4.78, 5) is 25.1. The first kappa shape index (κ1) is 14.4. The first-order valence-corrected chi connectivity index (χ1v) is 6.43. The standard InChI is InChI=1S/C10H7BrClN5O3/c11-9-14-10(17(19)20)15-16(9)5-8(18)13-7-3-1-2-6(12)4-7/h1-4H,5H2,(H,13,18). The smallest absolute Gasteiger partial charge is 0.390 e. The maximum Gasteiger partial charge on any atom is 0.492 e. The van der Waals surface area contributed by atoms with Crippen LogP contribution >= 0.6 is 27.5 Å². The zero-order valence-electron chi connectivity index (χ0n) is 9.79. The highest BCUT2D eigenvalue weighted by atomic mass is 79.9. The van der Waals surface area contributed by atoms with Crippen molar-refractivity contribution in [2.45, 2.75) is 6.54 Å². The molecule has 104 valence electrons. The van der Waals surface area contributed by atoms with E-state index in [9.17, 15) is 14.9 Å². The average molecular weight is 361 g/mol. The van der Waals surface area contributed by atoms with Gasteiger partial charge in [0.15, 0.2) is 0 Å². The molecule has 0 radical (unpaired) electrons. The van der Waals surface area contributed by atoms with Crippen LogP contribution in [0.3, 0.4) is 0 Å². The molecule has 2 rings (SSSR count). The molecule has 0 atom stereocenters. The number of nitrogens with zero attached hydrogens (tertiary/aromatic N) is 4. The van der Waals surface area contributed by atoms with E-state index >= 15 is 0 Å². The van der Waals surface area contributed by atoms with Crippen molar-refractivity contribution in [1.82, 2.24) is 14.8 Å². The maximum absolute atomic E-state index is 11.8. The van der Waals surface area contributed by atoms with Gasteiger partial charge in [0.1, 0.15) is 6.54 Å². The minimum Gasteiger partial charge on any atom is -0.390 e. The molecule has 0 aliphatic heterocycles. The molecule has 0 unspecified atom stereocenters. The summed E-state index contributed by atoms with van der Waals surface area (Å²) in [6.07, 6.45) is 0. The van der Waals surface area contributed by atoms with Gasteiger partial charge < -0.3 is 15.4 Å². The van der Waals surface area contributed by atoms with Crippen LogP contribution in [0.1, 0.15) is 0 Å². The average Bonchev–Trinajstić information content (AvgIpc) is 2.71. The van der Waals surface area contributed by atoms with Crippen molar-refractivity contribution >= 4 is 45.1 Å². The van der Waals surface area contributed by atoms with Crippen LogP contribution in [0.25, 0.3) is 0 Å². The van der Waals surface area contributed by atoms with Gasteiger partial charge in [0.05, 0.1) is 0 Å². The third kappa shape index (κ3) is 3.52. The number of carbonyl (C=O) groups excluding carboxylic acids is 1. The van der Waals surface area contributed by atoms with Gasteiger partial charge in [0, 0.05) is 31.7 Å². The van der Waals surface area contributed by atoms with Crippen LogP contribution in [0, 0.1) is 10.1 Å². The Morgan fingerprint density at radius 3 is 2.90 bits per heavy atom. The molecule has 0 fully saturated rings. The molecule has 0 bridgehead atoms. The van der Waals surface area contributed by atoms with E-state index in [0.717, 1.165) is 4.68 Å². The number of amides is 1. The normalized spacial score (nSPS) is 10.3. The fraction of sp³-hybridized carbons (Fsp3) is 0.100. The van der Waals surface area contributed by atoms with Gasteiger partial charge in [-0.05, 0) is 28.1 Å². The lowest BCUT2D eigenvalue weighted by molar-refractivity contribution is -0.394. The summed E-state index contributed by atoms with van der Waals surface area (Å²) in [5, 5.41) is 17.2. The van der Waals surface area contributed by atoms with E-state index in [0.29, 0.717) is 10.7 Å². The summed E-state index contributed by atoms with van der Waals surface area (Å²) in [6, 6.07) is 6.61. The number of aromatic nitrogens is 3. The van der Waals surface area contributed by atoms with Gasteiger partial charge in [-0.25, -0.2) is 0 Å². The van der Waals surface area contributed by atoms with Crippen LogP contribution in [0.15, 0.2) is 29.0 Å². The number of halogens is 2. The molecule has 20 heavy (non-hydrogen) atoms. The van der Waals surface area contributed by atoms with Crippen LogP contribution in [0.5, 0.6) is 0 Å². The Hall–Kier alpha value is -2.00. The van der Waals surface area contributed by atoms with Gasteiger partial charge in [-0.1, -0.05) is 17.7 Å². The predicted octanol–water partition coefficient (Wildman–Crippen LogP) is 2.24. The van der Waals surface area contributed by atoms with E-state index in [1.807, 2.05) is 0 Å².